The quantitative estimate of drug-likeness (QED) is 0.842. The third-order valence-corrected chi connectivity index (χ3v) is 4.21. The van der Waals surface area contributed by atoms with Crippen LogP contribution in [0.4, 0.5) is 11.4 Å². The molecule has 0 bridgehead atoms. The highest BCUT2D eigenvalue weighted by Gasteiger charge is 2.20. The number of benzene rings is 1. The molecule has 1 aliphatic heterocycles. The third kappa shape index (κ3) is 2.56. The molecule has 0 radical (unpaired) electrons. The summed E-state index contributed by atoms with van der Waals surface area (Å²) in [6.07, 6.45) is 5.91. The third-order valence-electron chi connectivity index (χ3n) is 4.21. The molecule has 1 aliphatic rings. The van der Waals surface area contributed by atoms with Gasteiger partial charge in [-0.3, -0.25) is 4.98 Å². The van der Waals surface area contributed by atoms with Crippen molar-refractivity contribution < 1.29 is 4.74 Å². The van der Waals surface area contributed by atoms with E-state index in [9.17, 15) is 0 Å². The Balaban J connectivity index is 1.85. The fourth-order valence-electron chi connectivity index (χ4n) is 2.92. The summed E-state index contributed by atoms with van der Waals surface area (Å²) in [6.45, 7) is 4.00. The molecular weight excluding hydrogens is 250 g/mol. The molecule has 3 rings (SSSR count). The fraction of sp³-hybridized carbons (Fsp3) is 0.438. The van der Waals surface area contributed by atoms with Crippen LogP contribution in [0.25, 0.3) is 10.8 Å². The molecule has 1 saturated heterocycles. The molecule has 4 heteroatoms. The molecule has 0 saturated carbocycles. The van der Waals surface area contributed by atoms with E-state index in [0.29, 0.717) is 12.0 Å². The van der Waals surface area contributed by atoms with Gasteiger partial charge in [-0.25, -0.2) is 0 Å². The largest absolute Gasteiger partial charge is 0.398 e. The van der Waals surface area contributed by atoms with Crippen molar-refractivity contribution in [3.8, 4) is 0 Å². The highest BCUT2D eigenvalue weighted by molar-refractivity contribution is 6.00. The van der Waals surface area contributed by atoms with E-state index in [2.05, 4.69) is 23.3 Å². The van der Waals surface area contributed by atoms with Gasteiger partial charge >= 0.3 is 0 Å². The summed E-state index contributed by atoms with van der Waals surface area (Å²) in [5, 5.41) is 5.78. The van der Waals surface area contributed by atoms with E-state index in [1.807, 2.05) is 18.3 Å². The average molecular weight is 271 g/mol. The smallest absolute Gasteiger partial charge is 0.0469 e. The number of nitrogen functional groups attached to an aromatic ring is 1. The Morgan fingerprint density at radius 2 is 2.05 bits per heavy atom. The molecule has 1 unspecified atom stereocenters. The zero-order valence-electron chi connectivity index (χ0n) is 11.8. The van der Waals surface area contributed by atoms with E-state index in [4.69, 9.17) is 10.5 Å². The summed E-state index contributed by atoms with van der Waals surface area (Å²) in [5.41, 5.74) is 7.94. The lowest BCUT2D eigenvalue weighted by Crippen LogP contribution is -2.31. The maximum atomic E-state index is 6.03. The molecule has 1 aromatic carbocycles. The van der Waals surface area contributed by atoms with Crippen molar-refractivity contribution in [3.05, 3.63) is 30.6 Å². The van der Waals surface area contributed by atoms with Gasteiger partial charge in [0, 0.05) is 53.8 Å². The number of rotatable bonds is 3. The monoisotopic (exact) mass is 271 g/mol. The lowest BCUT2D eigenvalue weighted by Gasteiger charge is -2.29. The van der Waals surface area contributed by atoms with Crippen LogP contribution < -0.4 is 11.1 Å². The second-order valence-electron chi connectivity index (χ2n) is 5.51. The van der Waals surface area contributed by atoms with Crippen LogP contribution in [-0.2, 0) is 4.74 Å². The Hall–Kier alpha value is -1.81. The van der Waals surface area contributed by atoms with Gasteiger partial charge in [0.05, 0.1) is 0 Å². The molecule has 1 aromatic heterocycles. The van der Waals surface area contributed by atoms with Crippen molar-refractivity contribution in [1.29, 1.82) is 0 Å². The van der Waals surface area contributed by atoms with Crippen molar-refractivity contribution in [2.75, 3.05) is 24.3 Å². The molecule has 2 aromatic rings. The minimum atomic E-state index is 0.422. The number of pyridine rings is 1. The van der Waals surface area contributed by atoms with Crippen molar-refractivity contribution in [2.45, 2.75) is 25.8 Å². The highest BCUT2D eigenvalue weighted by atomic mass is 16.5. The molecule has 1 fully saturated rings. The summed E-state index contributed by atoms with van der Waals surface area (Å²) in [7, 11) is 0. The van der Waals surface area contributed by atoms with Gasteiger partial charge in [-0.05, 0) is 43.9 Å². The topological polar surface area (TPSA) is 60.2 Å². The molecule has 1 atom stereocenters. The molecule has 20 heavy (non-hydrogen) atoms. The van der Waals surface area contributed by atoms with Crippen LogP contribution in [0.15, 0.2) is 30.6 Å². The first-order valence-electron chi connectivity index (χ1n) is 7.22. The number of nitrogens with two attached hydrogens (primary N) is 1. The number of ether oxygens (including phenoxy) is 1. The highest BCUT2D eigenvalue weighted by Crippen LogP contribution is 2.29. The first-order chi connectivity index (χ1) is 9.75. The zero-order chi connectivity index (χ0) is 13.9. The number of nitrogens with one attached hydrogen (secondary N) is 1. The summed E-state index contributed by atoms with van der Waals surface area (Å²) in [5.74, 6) is 0.660. The van der Waals surface area contributed by atoms with Crippen LogP contribution in [-0.4, -0.2) is 24.2 Å². The molecule has 0 spiro atoms. The van der Waals surface area contributed by atoms with Gasteiger partial charge in [-0.1, -0.05) is 0 Å². The summed E-state index contributed by atoms with van der Waals surface area (Å²) in [6, 6.07) is 6.40. The van der Waals surface area contributed by atoms with E-state index in [1.165, 1.54) is 0 Å². The van der Waals surface area contributed by atoms with Crippen LogP contribution in [0.5, 0.6) is 0 Å². The number of hydrogen-bond acceptors (Lipinski definition) is 4. The van der Waals surface area contributed by atoms with Gasteiger partial charge in [0.15, 0.2) is 0 Å². The van der Waals surface area contributed by atoms with Gasteiger partial charge in [-0.15, -0.1) is 0 Å². The minimum Gasteiger partial charge on any atom is -0.398 e. The Morgan fingerprint density at radius 3 is 2.85 bits per heavy atom. The molecule has 0 aliphatic carbocycles. The van der Waals surface area contributed by atoms with Crippen LogP contribution in [0.2, 0.25) is 0 Å². The van der Waals surface area contributed by atoms with E-state index >= 15 is 0 Å². The van der Waals surface area contributed by atoms with Crippen LogP contribution in [0.3, 0.4) is 0 Å². The molecule has 106 valence electrons. The van der Waals surface area contributed by atoms with Crippen LogP contribution in [0, 0.1) is 5.92 Å². The molecule has 4 nitrogen and oxygen atoms in total. The second kappa shape index (κ2) is 5.67. The predicted octanol–water partition coefficient (Wildman–Crippen LogP) is 3.04. The van der Waals surface area contributed by atoms with Gasteiger partial charge in [0.1, 0.15) is 0 Å². The molecular formula is C16H21N3O. The summed E-state index contributed by atoms with van der Waals surface area (Å²) < 4.78 is 5.43. The Bertz CT molecular complexity index is 593. The first-order valence-corrected chi connectivity index (χ1v) is 7.22. The standard InChI is InChI=1S/C16H21N3O/c1-11(12-5-8-20-9-6-12)19-16-3-2-15(17)13-4-7-18-10-14(13)16/h2-4,7,10-12,19H,5-6,8-9,17H2,1H3. The van der Waals surface area contributed by atoms with Crippen molar-refractivity contribution >= 4 is 22.1 Å². The Labute approximate surface area is 119 Å². The summed E-state index contributed by atoms with van der Waals surface area (Å²) >= 11 is 0. The number of hydrogen-bond donors (Lipinski definition) is 2. The van der Waals surface area contributed by atoms with Gasteiger partial charge in [-0.2, -0.15) is 0 Å². The van der Waals surface area contributed by atoms with E-state index in [1.54, 1.807) is 6.20 Å². The number of nitrogens with zero attached hydrogens (tertiary/aromatic N) is 1. The van der Waals surface area contributed by atoms with Crippen molar-refractivity contribution in [2.24, 2.45) is 5.92 Å². The maximum absolute atomic E-state index is 6.03. The number of fused-ring (bicyclic) bond motifs is 1. The predicted molar refractivity (Wildman–Crippen MR) is 82.8 cm³/mol. The molecule has 0 amide bonds. The fourth-order valence-corrected chi connectivity index (χ4v) is 2.92. The van der Waals surface area contributed by atoms with Gasteiger partial charge in [0.25, 0.3) is 0 Å². The number of aromatic nitrogens is 1. The van der Waals surface area contributed by atoms with E-state index in [-0.39, 0.29) is 0 Å². The maximum Gasteiger partial charge on any atom is 0.0469 e. The van der Waals surface area contributed by atoms with Crippen LogP contribution in [0.1, 0.15) is 19.8 Å². The van der Waals surface area contributed by atoms with Crippen molar-refractivity contribution in [3.63, 3.8) is 0 Å². The number of anilines is 2. The zero-order valence-corrected chi connectivity index (χ0v) is 11.8. The first kappa shape index (κ1) is 13.2. The lowest BCUT2D eigenvalue weighted by atomic mass is 9.92. The van der Waals surface area contributed by atoms with Gasteiger partial charge in [0.2, 0.25) is 0 Å². The van der Waals surface area contributed by atoms with Crippen LogP contribution >= 0.6 is 0 Å². The van der Waals surface area contributed by atoms with Gasteiger partial charge < -0.3 is 15.8 Å². The summed E-state index contributed by atoms with van der Waals surface area (Å²) in [4.78, 5) is 4.22. The average Bonchev–Trinajstić information content (AvgIpc) is 2.51. The Kier molecular flexibility index (Phi) is 3.74. The molecule has 3 N–H and O–H groups in total. The molecule has 2 heterocycles. The Morgan fingerprint density at radius 1 is 1.25 bits per heavy atom. The van der Waals surface area contributed by atoms with E-state index < -0.39 is 0 Å². The van der Waals surface area contributed by atoms with Crippen molar-refractivity contribution in [1.82, 2.24) is 4.98 Å². The minimum absolute atomic E-state index is 0.422. The normalized spacial score (nSPS) is 18.1. The van der Waals surface area contributed by atoms with E-state index in [0.717, 1.165) is 48.2 Å². The SMILES string of the molecule is CC(Nc1ccc(N)c2ccncc12)C1CCOCC1. The second-order valence-corrected chi connectivity index (χ2v) is 5.51. The lowest BCUT2D eigenvalue weighted by molar-refractivity contribution is 0.0622.